The number of anilines is 1. The van der Waals surface area contributed by atoms with Gasteiger partial charge in [-0.05, 0) is 36.4 Å². The van der Waals surface area contributed by atoms with Gasteiger partial charge >= 0.3 is 6.03 Å². The van der Waals surface area contributed by atoms with Crippen LogP contribution in [0.1, 0.15) is 21.6 Å². The Hall–Kier alpha value is -3.61. The Labute approximate surface area is 191 Å². The van der Waals surface area contributed by atoms with Crippen LogP contribution in [0.2, 0.25) is 10.0 Å². The second-order valence-electron chi connectivity index (χ2n) is 7.04. The summed E-state index contributed by atoms with van der Waals surface area (Å²) >= 11 is 11.9. The number of rotatable bonds is 3. The van der Waals surface area contributed by atoms with Gasteiger partial charge in [0.1, 0.15) is 17.6 Å². The molecule has 0 saturated carbocycles. The van der Waals surface area contributed by atoms with Crippen LogP contribution in [-0.2, 0) is 13.1 Å². The average Bonchev–Trinajstić information content (AvgIpc) is 3.14. The molecule has 0 spiro atoms. The van der Waals surface area contributed by atoms with Crippen LogP contribution in [0, 0.1) is 17.1 Å². The number of fused-ring (bicyclic) bond motifs is 1. The van der Waals surface area contributed by atoms with Crippen LogP contribution in [0.3, 0.4) is 0 Å². The molecular weight excluding hydrogens is 458 g/mol. The normalized spacial score (nSPS) is 12.8. The van der Waals surface area contributed by atoms with Gasteiger partial charge in [-0.2, -0.15) is 10.4 Å². The van der Waals surface area contributed by atoms with Crippen LogP contribution < -0.4 is 11.1 Å². The summed E-state index contributed by atoms with van der Waals surface area (Å²) in [6.07, 6.45) is 0. The summed E-state index contributed by atoms with van der Waals surface area (Å²) in [6, 6.07) is 10.1. The van der Waals surface area contributed by atoms with E-state index in [9.17, 15) is 14.0 Å². The number of aromatic nitrogens is 2. The van der Waals surface area contributed by atoms with E-state index >= 15 is 0 Å². The van der Waals surface area contributed by atoms with Gasteiger partial charge in [-0.3, -0.25) is 9.48 Å². The molecule has 0 bridgehead atoms. The maximum Gasteiger partial charge on any atom is 0.322 e. The summed E-state index contributed by atoms with van der Waals surface area (Å²) in [5.41, 5.74) is 7.66. The molecule has 3 amide bonds. The fraction of sp³-hybridized carbons (Fsp3) is 0.143. The Morgan fingerprint density at radius 3 is 2.59 bits per heavy atom. The smallest absolute Gasteiger partial charge is 0.322 e. The number of nitriles is 1. The quantitative estimate of drug-likeness (QED) is 0.598. The maximum absolute atomic E-state index is 13.6. The molecule has 3 N–H and O–H groups in total. The molecule has 0 radical (unpaired) electrons. The zero-order valence-electron chi connectivity index (χ0n) is 16.4. The van der Waals surface area contributed by atoms with Crippen molar-refractivity contribution in [3.63, 3.8) is 0 Å². The van der Waals surface area contributed by atoms with Crippen LogP contribution in [0.5, 0.6) is 0 Å². The molecule has 2 aromatic carbocycles. The molecule has 1 aliphatic heterocycles. The van der Waals surface area contributed by atoms with Crippen LogP contribution in [0.25, 0.3) is 11.3 Å². The number of carbonyl (C=O) groups is 2. The molecule has 4 rings (SSSR count). The monoisotopic (exact) mass is 472 g/mol. The third kappa shape index (κ3) is 3.98. The third-order valence-electron chi connectivity index (χ3n) is 5.05. The summed E-state index contributed by atoms with van der Waals surface area (Å²) in [5, 5.41) is 16.3. The van der Waals surface area contributed by atoms with E-state index in [4.69, 9.17) is 34.2 Å². The van der Waals surface area contributed by atoms with Gasteiger partial charge in [0.2, 0.25) is 0 Å². The van der Waals surface area contributed by atoms with Crippen LogP contribution in [-0.4, -0.2) is 33.2 Å². The highest BCUT2D eigenvalue weighted by Crippen LogP contribution is 2.31. The number of nitrogens with two attached hydrogens (primary N) is 1. The molecule has 0 atom stereocenters. The lowest BCUT2D eigenvalue weighted by Gasteiger charge is -2.28. The zero-order chi connectivity index (χ0) is 23.0. The minimum atomic E-state index is -0.720. The van der Waals surface area contributed by atoms with E-state index < -0.39 is 17.8 Å². The van der Waals surface area contributed by atoms with E-state index in [0.717, 1.165) is 0 Å². The first-order chi connectivity index (χ1) is 15.3. The summed E-state index contributed by atoms with van der Waals surface area (Å²) in [6.45, 7) is 0.731. The summed E-state index contributed by atoms with van der Waals surface area (Å²) < 4.78 is 15.2. The fourth-order valence-corrected chi connectivity index (χ4v) is 3.88. The summed E-state index contributed by atoms with van der Waals surface area (Å²) in [7, 11) is 0. The molecule has 0 saturated heterocycles. The van der Waals surface area contributed by atoms with E-state index in [1.165, 1.54) is 35.2 Å². The Morgan fingerprint density at radius 1 is 1.16 bits per heavy atom. The van der Waals surface area contributed by atoms with Crippen molar-refractivity contribution in [3.8, 4) is 17.3 Å². The topological polar surface area (TPSA) is 117 Å². The Kier molecular flexibility index (Phi) is 5.74. The molecule has 2 heterocycles. The SMILES string of the molecule is N#Cc1ccc(NC(=O)N2CCn3nc(-c4ccc(F)c(Cl)c4)c(C(N)=O)c3C2)cc1Cl. The number of nitrogens with one attached hydrogen (secondary N) is 1. The van der Waals surface area contributed by atoms with E-state index in [-0.39, 0.29) is 27.8 Å². The zero-order valence-corrected chi connectivity index (χ0v) is 17.9. The first-order valence-corrected chi connectivity index (χ1v) is 10.1. The molecule has 1 aromatic heterocycles. The van der Waals surface area contributed by atoms with Crippen molar-refractivity contribution in [3.05, 3.63) is 69.1 Å². The molecule has 0 aliphatic carbocycles. The van der Waals surface area contributed by atoms with Gasteiger partial charge in [0.15, 0.2) is 0 Å². The molecule has 162 valence electrons. The van der Waals surface area contributed by atoms with Gasteiger partial charge in [-0.25, -0.2) is 9.18 Å². The Bertz CT molecular complexity index is 1300. The number of hydrogen-bond acceptors (Lipinski definition) is 4. The van der Waals surface area contributed by atoms with Gasteiger partial charge in [0, 0.05) is 17.8 Å². The van der Waals surface area contributed by atoms with Gasteiger partial charge in [0.25, 0.3) is 5.91 Å². The molecule has 32 heavy (non-hydrogen) atoms. The molecule has 0 fully saturated rings. The summed E-state index contributed by atoms with van der Waals surface area (Å²) in [4.78, 5) is 26.5. The van der Waals surface area contributed by atoms with Crippen molar-refractivity contribution < 1.29 is 14.0 Å². The molecule has 0 unspecified atom stereocenters. The Balaban J connectivity index is 1.61. The highest BCUT2D eigenvalue weighted by atomic mass is 35.5. The lowest BCUT2D eigenvalue weighted by Crippen LogP contribution is -2.41. The maximum atomic E-state index is 13.6. The first-order valence-electron chi connectivity index (χ1n) is 9.39. The second-order valence-corrected chi connectivity index (χ2v) is 7.86. The third-order valence-corrected chi connectivity index (χ3v) is 5.65. The predicted molar refractivity (Wildman–Crippen MR) is 117 cm³/mol. The van der Waals surface area contributed by atoms with Gasteiger partial charge in [-0.1, -0.05) is 23.2 Å². The highest BCUT2D eigenvalue weighted by Gasteiger charge is 2.30. The van der Waals surface area contributed by atoms with Crippen molar-refractivity contribution >= 4 is 40.8 Å². The largest absolute Gasteiger partial charge is 0.365 e. The number of halogens is 3. The molecule has 11 heteroatoms. The molecule has 8 nitrogen and oxygen atoms in total. The predicted octanol–water partition coefficient (Wildman–Crippen LogP) is 4.01. The fourth-order valence-electron chi connectivity index (χ4n) is 3.48. The minimum Gasteiger partial charge on any atom is -0.365 e. The highest BCUT2D eigenvalue weighted by molar-refractivity contribution is 6.32. The van der Waals surface area contributed by atoms with Crippen molar-refractivity contribution in [1.82, 2.24) is 14.7 Å². The van der Waals surface area contributed by atoms with Crippen molar-refractivity contribution in [2.75, 3.05) is 11.9 Å². The van der Waals surface area contributed by atoms with Gasteiger partial charge in [-0.15, -0.1) is 0 Å². The molecule has 3 aromatic rings. The first kappa shape index (κ1) is 21.6. The van der Waals surface area contributed by atoms with Gasteiger partial charge < -0.3 is 16.0 Å². The van der Waals surface area contributed by atoms with Gasteiger partial charge in [0.05, 0.1) is 40.0 Å². The van der Waals surface area contributed by atoms with Crippen LogP contribution >= 0.6 is 23.2 Å². The van der Waals surface area contributed by atoms with E-state index in [1.54, 1.807) is 10.7 Å². The van der Waals surface area contributed by atoms with Crippen LogP contribution in [0.4, 0.5) is 14.9 Å². The standard InChI is InChI=1S/C21H15Cl2FN6O2/c22-14-8-13(3-1-12(14)9-25)27-21(32)29-5-6-30-17(10-29)18(20(26)31)19(28-30)11-2-4-16(24)15(23)7-11/h1-4,7-8H,5-6,10H2,(H2,26,31)(H,27,32). The number of benzene rings is 2. The van der Waals surface area contributed by atoms with E-state index in [0.29, 0.717) is 35.6 Å². The Morgan fingerprint density at radius 2 is 1.94 bits per heavy atom. The number of carbonyl (C=O) groups excluding carboxylic acids is 2. The van der Waals surface area contributed by atoms with Crippen molar-refractivity contribution in [1.29, 1.82) is 5.26 Å². The minimum absolute atomic E-state index is 0.0794. The number of amides is 3. The lowest BCUT2D eigenvalue weighted by atomic mass is 10.0. The number of hydrogen-bond donors (Lipinski definition) is 2. The van der Waals surface area contributed by atoms with E-state index in [1.807, 2.05) is 6.07 Å². The second kappa shape index (κ2) is 8.49. The van der Waals surface area contributed by atoms with E-state index in [2.05, 4.69) is 10.4 Å². The summed E-state index contributed by atoms with van der Waals surface area (Å²) in [5.74, 6) is -1.31. The number of urea groups is 1. The molecule has 1 aliphatic rings. The lowest BCUT2D eigenvalue weighted by molar-refractivity contribution is 0.0997. The van der Waals surface area contributed by atoms with Crippen molar-refractivity contribution in [2.45, 2.75) is 13.1 Å². The number of primary amides is 1. The van der Waals surface area contributed by atoms with Crippen LogP contribution in [0.15, 0.2) is 36.4 Å². The average molecular weight is 473 g/mol. The number of nitrogens with zero attached hydrogens (tertiary/aromatic N) is 4. The molecular formula is C21H15Cl2FN6O2. The van der Waals surface area contributed by atoms with Crippen molar-refractivity contribution in [2.24, 2.45) is 5.73 Å².